The van der Waals surface area contributed by atoms with Crippen molar-refractivity contribution in [1.82, 2.24) is 9.78 Å². The fourth-order valence-electron chi connectivity index (χ4n) is 4.47. The fraction of sp³-hybridized carbons (Fsp3) is 0.269. The second-order valence-electron chi connectivity index (χ2n) is 9.03. The van der Waals surface area contributed by atoms with Crippen LogP contribution in [0.4, 0.5) is 23.2 Å². The molecule has 0 saturated carbocycles. The largest absolute Gasteiger partial charge is 0.465 e. The van der Waals surface area contributed by atoms with Gasteiger partial charge in [0.15, 0.2) is 0 Å². The van der Waals surface area contributed by atoms with Crippen molar-refractivity contribution >= 4 is 33.1 Å². The third-order valence-electron chi connectivity index (χ3n) is 6.54. The van der Waals surface area contributed by atoms with E-state index in [9.17, 15) is 32.3 Å². The van der Waals surface area contributed by atoms with Crippen LogP contribution in [0.2, 0.25) is 0 Å². The average molecular weight is 548 g/mol. The number of esters is 1. The number of methoxy groups -OCH3 is 1. The number of thiophene rings is 1. The van der Waals surface area contributed by atoms with Crippen LogP contribution >= 0.6 is 11.3 Å². The van der Waals surface area contributed by atoms with Crippen molar-refractivity contribution in [3.05, 3.63) is 74.6 Å². The van der Waals surface area contributed by atoms with Crippen LogP contribution in [0.3, 0.4) is 0 Å². The van der Waals surface area contributed by atoms with Crippen molar-refractivity contribution in [2.24, 2.45) is 5.92 Å². The molecular weight excluding hydrogens is 526 g/mol. The first kappa shape index (κ1) is 25.9. The second kappa shape index (κ2) is 9.52. The third-order valence-corrected chi connectivity index (χ3v) is 7.53. The number of alkyl halides is 3. The van der Waals surface area contributed by atoms with Crippen LogP contribution < -0.4 is 10.5 Å². The predicted octanol–water partition coefficient (Wildman–Crippen LogP) is 4.80. The molecule has 1 saturated heterocycles. The average Bonchev–Trinajstić information content (AvgIpc) is 3.30. The molecule has 0 amide bonds. The van der Waals surface area contributed by atoms with Gasteiger partial charge in [0.2, 0.25) is 0 Å². The minimum absolute atomic E-state index is 0.000297. The minimum atomic E-state index is -4.82. The quantitative estimate of drug-likeness (QED) is 0.286. The highest BCUT2D eigenvalue weighted by Gasteiger charge is 2.36. The third kappa shape index (κ3) is 4.33. The number of hydrogen-bond donors (Lipinski definition) is 1. The maximum absolute atomic E-state index is 14.1. The topological polar surface area (TPSA) is 84.7 Å². The van der Waals surface area contributed by atoms with Gasteiger partial charge in [-0.3, -0.25) is 4.79 Å². The second-order valence-corrected chi connectivity index (χ2v) is 9.91. The Bertz CT molecular complexity index is 1620. The summed E-state index contributed by atoms with van der Waals surface area (Å²) in [5, 5.41) is 14.9. The van der Waals surface area contributed by atoms with E-state index in [1.807, 2.05) is 0 Å². The molecule has 0 bridgehead atoms. The van der Waals surface area contributed by atoms with Gasteiger partial charge >= 0.3 is 12.1 Å². The van der Waals surface area contributed by atoms with Gasteiger partial charge in [0.05, 0.1) is 34.0 Å². The molecule has 0 unspecified atom stereocenters. The fourth-order valence-corrected chi connectivity index (χ4v) is 5.51. The van der Waals surface area contributed by atoms with Gasteiger partial charge in [0, 0.05) is 42.2 Å². The molecule has 1 aliphatic heterocycles. The van der Waals surface area contributed by atoms with Crippen molar-refractivity contribution in [2.45, 2.75) is 13.1 Å². The molecule has 2 aromatic carbocycles. The number of fused-ring (bicyclic) bond motifs is 1. The molecular formula is C26H21F4N3O4S. The van der Waals surface area contributed by atoms with Crippen molar-refractivity contribution in [1.29, 1.82) is 0 Å². The Morgan fingerprint density at radius 1 is 1.21 bits per heavy atom. The highest BCUT2D eigenvalue weighted by Crippen LogP contribution is 2.38. The lowest BCUT2D eigenvalue weighted by Crippen LogP contribution is -2.48. The van der Waals surface area contributed by atoms with Crippen molar-refractivity contribution in [3.8, 4) is 16.9 Å². The van der Waals surface area contributed by atoms with Gasteiger partial charge < -0.3 is 14.7 Å². The standard InChI is InChI=1S/C26H21F4N3O4S/c1-13-7-15(3-6-19(13)27)22-23-21(17(12-38-23)25(36)37-2)24(35)33(31-22)20-8-16(32-9-14(10-32)11-34)4-5-18(20)26(28,29)30/h3-8,12,14,34H,9-11H2,1-2H3. The number of anilines is 1. The van der Waals surface area contributed by atoms with Gasteiger partial charge in [-0.25, -0.2) is 9.18 Å². The molecule has 1 N–H and O–H groups in total. The maximum atomic E-state index is 14.1. The van der Waals surface area contributed by atoms with Crippen LogP contribution in [-0.2, 0) is 10.9 Å². The zero-order chi connectivity index (χ0) is 27.4. The molecule has 4 aromatic rings. The minimum Gasteiger partial charge on any atom is -0.465 e. The zero-order valence-corrected chi connectivity index (χ0v) is 21.0. The molecule has 0 aliphatic carbocycles. The van der Waals surface area contributed by atoms with E-state index >= 15 is 0 Å². The van der Waals surface area contributed by atoms with Crippen LogP contribution in [-0.4, -0.2) is 47.7 Å². The van der Waals surface area contributed by atoms with Crippen LogP contribution in [0.25, 0.3) is 27.0 Å². The molecule has 5 rings (SSSR count). The molecule has 2 aromatic heterocycles. The van der Waals surface area contributed by atoms with E-state index in [0.717, 1.165) is 24.5 Å². The summed E-state index contributed by atoms with van der Waals surface area (Å²) in [6, 6.07) is 7.49. The molecule has 38 heavy (non-hydrogen) atoms. The summed E-state index contributed by atoms with van der Waals surface area (Å²) in [6.07, 6.45) is -4.82. The lowest BCUT2D eigenvalue weighted by atomic mass is 9.99. The smallest absolute Gasteiger partial charge is 0.418 e. The number of halogens is 4. The van der Waals surface area contributed by atoms with E-state index in [0.29, 0.717) is 29.0 Å². The number of hydrogen-bond acceptors (Lipinski definition) is 7. The van der Waals surface area contributed by atoms with E-state index in [4.69, 9.17) is 4.74 Å². The number of benzene rings is 2. The maximum Gasteiger partial charge on any atom is 0.418 e. The van der Waals surface area contributed by atoms with Gasteiger partial charge in [-0.1, -0.05) is 0 Å². The van der Waals surface area contributed by atoms with E-state index in [2.05, 4.69) is 5.10 Å². The first-order chi connectivity index (χ1) is 18.0. The number of aliphatic hydroxyl groups excluding tert-OH is 1. The summed E-state index contributed by atoms with van der Waals surface area (Å²) < 4.78 is 62.1. The first-order valence-electron chi connectivity index (χ1n) is 11.5. The lowest BCUT2D eigenvalue weighted by Gasteiger charge is -2.40. The highest BCUT2D eigenvalue weighted by molar-refractivity contribution is 7.18. The Balaban J connectivity index is 1.82. The van der Waals surface area contributed by atoms with Crippen LogP contribution in [0, 0.1) is 18.7 Å². The monoisotopic (exact) mass is 547 g/mol. The SMILES string of the molecule is COC(=O)c1csc2c(-c3ccc(F)c(C)c3)nn(-c3cc(N4CC(CO)C4)ccc3C(F)(F)F)c(=O)c12. The number of aliphatic hydroxyl groups is 1. The Labute approximate surface area is 217 Å². The van der Waals surface area contributed by atoms with E-state index < -0.39 is 34.8 Å². The van der Waals surface area contributed by atoms with Gasteiger partial charge in [0.1, 0.15) is 11.5 Å². The first-order valence-corrected chi connectivity index (χ1v) is 12.4. The number of nitrogens with zero attached hydrogens (tertiary/aromatic N) is 3. The number of aryl methyl sites for hydroxylation is 1. The van der Waals surface area contributed by atoms with Crippen molar-refractivity contribution in [3.63, 3.8) is 0 Å². The summed E-state index contributed by atoms with van der Waals surface area (Å²) in [4.78, 5) is 28.0. The number of carbonyl (C=O) groups is 1. The zero-order valence-electron chi connectivity index (χ0n) is 20.2. The lowest BCUT2D eigenvalue weighted by molar-refractivity contribution is -0.137. The molecule has 1 aliphatic rings. The molecule has 0 spiro atoms. The Kier molecular flexibility index (Phi) is 6.48. The highest BCUT2D eigenvalue weighted by atomic mass is 32.1. The summed E-state index contributed by atoms with van der Waals surface area (Å²) in [7, 11) is 1.13. The molecule has 7 nitrogen and oxygen atoms in total. The van der Waals surface area contributed by atoms with Crippen LogP contribution in [0.1, 0.15) is 21.5 Å². The number of carbonyl (C=O) groups excluding carboxylic acids is 1. The summed E-state index contributed by atoms with van der Waals surface area (Å²) in [5.41, 5.74) is -1.47. The van der Waals surface area contributed by atoms with Crippen LogP contribution in [0.5, 0.6) is 0 Å². The van der Waals surface area contributed by atoms with Crippen molar-refractivity contribution < 1.29 is 32.2 Å². The Hall–Kier alpha value is -3.77. The predicted molar refractivity (Wildman–Crippen MR) is 134 cm³/mol. The Morgan fingerprint density at radius 2 is 1.95 bits per heavy atom. The molecule has 1 fully saturated rings. The summed E-state index contributed by atoms with van der Waals surface area (Å²) >= 11 is 1.02. The van der Waals surface area contributed by atoms with Gasteiger partial charge in [-0.2, -0.15) is 23.0 Å². The van der Waals surface area contributed by atoms with E-state index in [-0.39, 0.29) is 39.4 Å². The summed E-state index contributed by atoms with van der Waals surface area (Å²) in [5.74, 6) is -1.31. The number of rotatable bonds is 5. The van der Waals surface area contributed by atoms with E-state index in [1.165, 1.54) is 42.6 Å². The van der Waals surface area contributed by atoms with Gasteiger partial charge in [-0.05, 0) is 48.9 Å². The van der Waals surface area contributed by atoms with Gasteiger partial charge in [-0.15, -0.1) is 11.3 Å². The molecule has 12 heteroatoms. The van der Waals surface area contributed by atoms with Crippen molar-refractivity contribution in [2.75, 3.05) is 31.7 Å². The van der Waals surface area contributed by atoms with Crippen LogP contribution in [0.15, 0.2) is 46.6 Å². The number of ether oxygens (including phenoxy) is 1. The molecule has 0 radical (unpaired) electrons. The Morgan fingerprint density at radius 3 is 2.58 bits per heavy atom. The summed E-state index contributed by atoms with van der Waals surface area (Å²) in [6.45, 7) is 2.37. The number of aromatic nitrogens is 2. The normalized spacial score (nSPS) is 14.1. The molecule has 0 atom stereocenters. The molecule has 3 heterocycles. The van der Waals surface area contributed by atoms with Gasteiger partial charge in [0.25, 0.3) is 5.56 Å². The molecule has 198 valence electrons. The van der Waals surface area contributed by atoms with E-state index in [1.54, 1.807) is 4.90 Å².